The maximum absolute atomic E-state index is 11.0. The zero-order chi connectivity index (χ0) is 10.0. The summed E-state index contributed by atoms with van der Waals surface area (Å²) in [6, 6.07) is 1.16. The summed E-state index contributed by atoms with van der Waals surface area (Å²) in [6.45, 7) is 0. The van der Waals surface area contributed by atoms with Crippen molar-refractivity contribution in [2.24, 2.45) is 7.05 Å². The van der Waals surface area contributed by atoms with Gasteiger partial charge >= 0.3 is 11.9 Å². The molecule has 1 heterocycles. The van der Waals surface area contributed by atoms with Crippen LogP contribution in [-0.2, 0) is 11.8 Å². The predicted octanol–water partition coefficient (Wildman–Crippen LogP) is -0.0951. The highest BCUT2D eigenvalue weighted by Gasteiger charge is 2.16. The molecule has 1 aromatic rings. The summed E-state index contributed by atoms with van der Waals surface area (Å²) >= 11 is 0. The molecule has 0 unspecified atom stereocenters. The second kappa shape index (κ2) is 3.26. The van der Waals surface area contributed by atoms with Crippen LogP contribution in [0.3, 0.4) is 0 Å². The van der Waals surface area contributed by atoms with Crippen molar-refractivity contribution in [3.05, 3.63) is 17.5 Å². The van der Waals surface area contributed by atoms with Crippen LogP contribution in [0.2, 0.25) is 0 Å². The van der Waals surface area contributed by atoms with Crippen LogP contribution in [0.25, 0.3) is 0 Å². The Kier molecular flexibility index (Phi) is 2.32. The molecule has 0 saturated carbocycles. The number of carboxylic acids is 1. The van der Waals surface area contributed by atoms with Gasteiger partial charge in [-0.15, -0.1) is 0 Å². The minimum Gasteiger partial charge on any atom is -0.476 e. The van der Waals surface area contributed by atoms with Crippen molar-refractivity contribution in [1.82, 2.24) is 9.78 Å². The number of carboxylic acid groups (broad SMARTS) is 1. The van der Waals surface area contributed by atoms with Crippen LogP contribution < -0.4 is 0 Å². The Balaban J connectivity index is 3.10. The molecule has 6 heteroatoms. The molecule has 0 atom stereocenters. The lowest BCUT2D eigenvalue weighted by molar-refractivity contribution is 0.0587. The zero-order valence-corrected chi connectivity index (χ0v) is 7.14. The topological polar surface area (TPSA) is 81.4 Å². The van der Waals surface area contributed by atoms with E-state index < -0.39 is 11.9 Å². The van der Waals surface area contributed by atoms with E-state index in [-0.39, 0.29) is 11.4 Å². The Morgan fingerprint density at radius 1 is 1.62 bits per heavy atom. The molecule has 70 valence electrons. The van der Waals surface area contributed by atoms with Crippen LogP contribution in [0, 0.1) is 0 Å². The molecule has 1 aromatic heterocycles. The SMILES string of the molecule is COC(=O)c1cc(C(=O)O)nn1C. The first-order valence-corrected chi connectivity index (χ1v) is 3.42. The molecular formula is C7H8N2O4. The lowest BCUT2D eigenvalue weighted by Crippen LogP contribution is -2.08. The minimum absolute atomic E-state index is 0.111. The zero-order valence-electron chi connectivity index (χ0n) is 7.14. The molecule has 6 nitrogen and oxygen atoms in total. The van der Waals surface area contributed by atoms with Gasteiger partial charge in [-0.1, -0.05) is 0 Å². The van der Waals surface area contributed by atoms with Crippen molar-refractivity contribution in [1.29, 1.82) is 0 Å². The van der Waals surface area contributed by atoms with Crippen LogP contribution >= 0.6 is 0 Å². The van der Waals surface area contributed by atoms with Gasteiger partial charge in [0, 0.05) is 13.1 Å². The summed E-state index contributed by atoms with van der Waals surface area (Å²) in [5.41, 5.74) is -0.0669. The van der Waals surface area contributed by atoms with Crippen molar-refractivity contribution < 1.29 is 19.4 Å². The Hall–Kier alpha value is -1.85. The van der Waals surface area contributed by atoms with E-state index in [1.54, 1.807) is 0 Å². The smallest absolute Gasteiger partial charge is 0.356 e. The average Bonchev–Trinajstić information content (AvgIpc) is 2.46. The van der Waals surface area contributed by atoms with Gasteiger partial charge in [0.05, 0.1) is 7.11 Å². The molecular weight excluding hydrogens is 176 g/mol. The summed E-state index contributed by atoms with van der Waals surface area (Å²) in [4.78, 5) is 21.4. The third-order valence-corrected chi connectivity index (χ3v) is 1.49. The van der Waals surface area contributed by atoms with Crippen molar-refractivity contribution in [3.8, 4) is 0 Å². The maximum atomic E-state index is 11.0. The number of esters is 1. The van der Waals surface area contributed by atoms with Crippen LogP contribution in [-0.4, -0.2) is 33.9 Å². The summed E-state index contributed by atoms with van der Waals surface area (Å²) in [5, 5.41) is 12.1. The van der Waals surface area contributed by atoms with Gasteiger partial charge < -0.3 is 9.84 Å². The van der Waals surface area contributed by atoms with E-state index in [0.717, 1.165) is 10.7 Å². The number of hydrogen-bond acceptors (Lipinski definition) is 4. The van der Waals surface area contributed by atoms with E-state index in [1.807, 2.05) is 0 Å². The van der Waals surface area contributed by atoms with Crippen molar-refractivity contribution in [2.45, 2.75) is 0 Å². The van der Waals surface area contributed by atoms with Gasteiger partial charge in [0.25, 0.3) is 0 Å². The van der Waals surface area contributed by atoms with Gasteiger partial charge in [0.15, 0.2) is 5.69 Å². The number of aromatic carboxylic acids is 1. The molecule has 0 aliphatic carbocycles. The molecule has 0 aromatic carbocycles. The summed E-state index contributed by atoms with van der Waals surface area (Å²) in [6.07, 6.45) is 0. The molecule has 0 aliphatic rings. The fraction of sp³-hybridized carbons (Fsp3) is 0.286. The van der Waals surface area contributed by atoms with Crippen LogP contribution in [0.15, 0.2) is 6.07 Å². The minimum atomic E-state index is -1.18. The third-order valence-electron chi connectivity index (χ3n) is 1.49. The molecule has 0 fully saturated rings. The monoisotopic (exact) mass is 184 g/mol. The van der Waals surface area contributed by atoms with E-state index in [2.05, 4.69) is 9.84 Å². The molecule has 0 amide bonds. The first-order chi connectivity index (χ1) is 6.06. The van der Waals surface area contributed by atoms with Crippen LogP contribution in [0.1, 0.15) is 21.0 Å². The van der Waals surface area contributed by atoms with E-state index >= 15 is 0 Å². The number of hydrogen-bond donors (Lipinski definition) is 1. The lowest BCUT2D eigenvalue weighted by atomic mass is 10.3. The van der Waals surface area contributed by atoms with E-state index in [4.69, 9.17) is 5.11 Å². The number of nitrogens with zero attached hydrogens (tertiary/aromatic N) is 2. The average molecular weight is 184 g/mol. The molecule has 0 radical (unpaired) electrons. The number of methoxy groups -OCH3 is 1. The predicted molar refractivity (Wildman–Crippen MR) is 41.5 cm³/mol. The van der Waals surface area contributed by atoms with Gasteiger partial charge in [-0.2, -0.15) is 5.10 Å². The van der Waals surface area contributed by atoms with Crippen LogP contribution in [0.5, 0.6) is 0 Å². The second-order valence-corrected chi connectivity index (χ2v) is 2.34. The Morgan fingerprint density at radius 2 is 2.23 bits per heavy atom. The highest BCUT2D eigenvalue weighted by molar-refractivity contribution is 5.92. The van der Waals surface area contributed by atoms with Crippen molar-refractivity contribution in [3.63, 3.8) is 0 Å². The van der Waals surface area contributed by atoms with Crippen molar-refractivity contribution in [2.75, 3.05) is 7.11 Å². The first-order valence-electron chi connectivity index (χ1n) is 3.42. The maximum Gasteiger partial charge on any atom is 0.356 e. The first kappa shape index (κ1) is 9.24. The standard InChI is InChI=1S/C7H8N2O4/c1-9-5(7(12)13-2)3-4(8-9)6(10)11/h3H,1-2H3,(H,10,11). The largest absolute Gasteiger partial charge is 0.476 e. The highest BCUT2D eigenvalue weighted by atomic mass is 16.5. The fourth-order valence-electron chi connectivity index (χ4n) is 0.867. The molecule has 1 rings (SSSR count). The van der Waals surface area contributed by atoms with Crippen LogP contribution in [0.4, 0.5) is 0 Å². The lowest BCUT2D eigenvalue weighted by Gasteiger charge is -1.96. The van der Waals surface area contributed by atoms with E-state index in [9.17, 15) is 9.59 Å². The van der Waals surface area contributed by atoms with Gasteiger partial charge in [0.1, 0.15) is 5.69 Å². The van der Waals surface area contributed by atoms with Gasteiger partial charge in [-0.25, -0.2) is 9.59 Å². The summed E-state index contributed by atoms with van der Waals surface area (Å²) < 4.78 is 5.58. The quantitative estimate of drug-likeness (QED) is 0.649. The number of carbonyl (C=O) groups excluding carboxylic acids is 1. The van der Waals surface area contributed by atoms with E-state index in [1.165, 1.54) is 14.2 Å². The second-order valence-electron chi connectivity index (χ2n) is 2.34. The number of aryl methyl sites for hydroxylation is 1. The van der Waals surface area contributed by atoms with Gasteiger partial charge in [0.2, 0.25) is 0 Å². The van der Waals surface area contributed by atoms with Gasteiger partial charge in [-0.3, -0.25) is 4.68 Å². The fourth-order valence-corrected chi connectivity index (χ4v) is 0.867. The Bertz CT molecular complexity index is 355. The molecule has 1 N–H and O–H groups in total. The molecule has 0 aliphatic heterocycles. The Morgan fingerprint density at radius 3 is 2.62 bits per heavy atom. The Labute approximate surface area is 73.7 Å². The normalized spacial score (nSPS) is 9.69. The number of aromatic nitrogens is 2. The molecule has 0 saturated heterocycles. The number of carbonyl (C=O) groups is 2. The van der Waals surface area contributed by atoms with Crippen molar-refractivity contribution >= 4 is 11.9 Å². The highest BCUT2D eigenvalue weighted by Crippen LogP contribution is 2.04. The number of rotatable bonds is 2. The summed E-state index contributed by atoms with van der Waals surface area (Å²) in [5.74, 6) is -1.78. The van der Waals surface area contributed by atoms with E-state index in [0.29, 0.717) is 0 Å². The van der Waals surface area contributed by atoms with Gasteiger partial charge in [-0.05, 0) is 0 Å². The molecule has 13 heavy (non-hydrogen) atoms. The number of ether oxygens (including phenoxy) is 1. The molecule has 0 spiro atoms. The third kappa shape index (κ3) is 1.66. The summed E-state index contributed by atoms with van der Waals surface area (Å²) in [7, 11) is 2.69. The molecule has 0 bridgehead atoms.